The average molecular weight is 353 g/mol. The van der Waals surface area contributed by atoms with Crippen LogP contribution in [-0.4, -0.2) is 15.8 Å². The molecule has 0 fully saturated rings. The number of aromatic nitrogens is 2. The van der Waals surface area contributed by atoms with Gasteiger partial charge in [0.25, 0.3) is 0 Å². The molecule has 0 radical (unpaired) electrons. The summed E-state index contributed by atoms with van der Waals surface area (Å²) in [5, 5.41) is 1.15. The van der Waals surface area contributed by atoms with Crippen molar-refractivity contribution in [3.63, 3.8) is 0 Å². The second-order valence-electron chi connectivity index (χ2n) is 6.82. The number of fused-ring (bicyclic) bond motifs is 1. The van der Waals surface area contributed by atoms with Crippen LogP contribution in [0.15, 0.2) is 71.9 Å². The fraction of sp³-hybridized carbons (Fsp3) is 0.167. The summed E-state index contributed by atoms with van der Waals surface area (Å²) in [6.07, 6.45) is 4.84. The molecule has 0 amide bonds. The third kappa shape index (κ3) is 3.41. The summed E-state index contributed by atoms with van der Waals surface area (Å²) in [4.78, 5) is 9.07. The largest absolute Gasteiger partial charge is 0.318 e. The van der Waals surface area contributed by atoms with Gasteiger partial charge >= 0.3 is 0 Å². The van der Waals surface area contributed by atoms with Gasteiger partial charge in [-0.15, -0.1) is 0 Å². The van der Waals surface area contributed by atoms with E-state index in [9.17, 15) is 0 Å². The zero-order chi connectivity index (χ0) is 18.8. The Morgan fingerprint density at radius 3 is 2.59 bits per heavy atom. The second kappa shape index (κ2) is 7.20. The van der Waals surface area contributed by atoms with Gasteiger partial charge in [-0.3, -0.25) is 9.98 Å². The van der Waals surface area contributed by atoms with Gasteiger partial charge in [-0.25, -0.2) is 0 Å². The molecule has 2 heterocycles. The number of rotatable bonds is 4. The summed E-state index contributed by atoms with van der Waals surface area (Å²) in [6.45, 7) is 6.44. The van der Waals surface area contributed by atoms with Gasteiger partial charge in [0.2, 0.25) is 0 Å². The quantitative estimate of drug-likeness (QED) is 0.417. The molecule has 134 valence electrons. The molecule has 2 aromatic carbocycles. The summed E-state index contributed by atoms with van der Waals surface area (Å²) < 4.78 is 2.27. The van der Waals surface area contributed by atoms with E-state index in [0.717, 1.165) is 34.3 Å². The van der Waals surface area contributed by atoms with E-state index < -0.39 is 0 Å². The Hall–Kier alpha value is -3.20. The fourth-order valence-electron chi connectivity index (χ4n) is 3.48. The van der Waals surface area contributed by atoms with Crippen LogP contribution in [0, 0.1) is 13.8 Å². The molecular formula is C24H23N3. The maximum atomic E-state index is 4.66. The van der Waals surface area contributed by atoms with Crippen LogP contribution in [0.5, 0.6) is 0 Å². The van der Waals surface area contributed by atoms with Gasteiger partial charge in [0, 0.05) is 40.4 Å². The van der Waals surface area contributed by atoms with Crippen molar-refractivity contribution in [2.45, 2.75) is 27.2 Å². The monoisotopic (exact) mass is 353 g/mol. The lowest BCUT2D eigenvalue weighted by molar-refractivity contribution is 0.967. The maximum Gasteiger partial charge on any atom is 0.0703 e. The van der Waals surface area contributed by atoms with Crippen LogP contribution in [-0.2, 0) is 6.42 Å². The lowest BCUT2D eigenvalue weighted by Gasteiger charge is -2.10. The Labute approximate surface area is 160 Å². The van der Waals surface area contributed by atoms with Crippen molar-refractivity contribution in [3.05, 3.63) is 89.4 Å². The highest BCUT2D eigenvalue weighted by molar-refractivity contribution is 5.85. The van der Waals surface area contributed by atoms with Crippen LogP contribution in [0.4, 0.5) is 5.69 Å². The molecule has 0 atom stereocenters. The van der Waals surface area contributed by atoms with Crippen LogP contribution in [0.1, 0.15) is 29.4 Å². The van der Waals surface area contributed by atoms with Gasteiger partial charge in [-0.2, -0.15) is 0 Å². The fourth-order valence-corrected chi connectivity index (χ4v) is 3.48. The molecule has 27 heavy (non-hydrogen) atoms. The van der Waals surface area contributed by atoms with Crippen molar-refractivity contribution in [2.24, 2.45) is 4.99 Å². The third-order valence-electron chi connectivity index (χ3n) is 5.01. The Kier molecular flexibility index (Phi) is 4.59. The first-order chi connectivity index (χ1) is 13.2. The summed E-state index contributed by atoms with van der Waals surface area (Å²) in [7, 11) is 0. The van der Waals surface area contributed by atoms with E-state index >= 15 is 0 Å². The number of hydrogen-bond donors (Lipinski definition) is 0. The molecule has 4 rings (SSSR count). The highest BCUT2D eigenvalue weighted by Gasteiger charge is 2.10. The molecule has 3 heteroatoms. The van der Waals surface area contributed by atoms with Crippen LogP contribution in [0.3, 0.4) is 0 Å². The molecule has 2 aromatic heterocycles. The predicted molar refractivity (Wildman–Crippen MR) is 114 cm³/mol. The molecule has 0 unspecified atom stereocenters. The van der Waals surface area contributed by atoms with E-state index in [0.29, 0.717) is 0 Å². The van der Waals surface area contributed by atoms with Crippen LogP contribution >= 0.6 is 0 Å². The Bertz CT molecular complexity index is 1120. The van der Waals surface area contributed by atoms with Gasteiger partial charge < -0.3 is 4.57 Å². The maximum absolute atomic E-state index is 4.66. The molecule has 0 aliphatic carbocycles. The average Bonchev–Trinajstić information content (AvgIpc) is 2.99. The lowest BCUT2D eigenvalue weighted by Crippen LogP contribution is -1.99. The second-order valence-corrected chi connectivity index (χ2v) is 6.82. The SMILES string of the molecule is CCc1ccc(N=Cc2cc(C)n(-c3ccc4ncccc4c3)c2C)cc1. The number of aryl methyl sites for hydroxylation is 2. The molecule has 0 aliphatic heterocycles. The van der Waals surface area contributed by atoms with Crippen LogP contribution in [0.2, 0.25) is 0 Å². The van der Waals surface area contributed by atoms with E-state index in [1.54, 1.807) is 0 Å². The summed E-state index contributed by atoms with van der Waals surface area (Å²) in [5.41, 5.74) is 7.99. The minimum absolute atomic E-state index is 0.980. The van der Waals surface area contributed by atoms with Gasteiger partial charge in [0.1, 0.15) is 0 Å². The Morgan fingerprint density at radius 2 is 1.81 bits per heavy atom. The third-order valence-corrected chi connectivity index (χ3v) is 5.01. The van der Waals surface area contributed by atoms with Crippen molar-refractivity contribution in [3.8, 4) is 5.69 Å². The van der Waals surface area contributed by atoms with Crippen LogP contribution < -0.4 is 0 Å². The number of nitrogens with zero attached hydrogens (tertiary/aromatic N) is 3. The Morgan fingerprint density at radius 1 is 1.00 bits per heavy atom. The summed E-state index contributed by atoms with van der Waals surface area (Å²) in [6, 6.07) is 21.1. The highest BCUT2D eigenvalue weighted by atomic mass is 15.0. The van der Waals surface area contributed by atoms with Gasteiger partial charge in [0.05, 0.1) is 11.2 Å². The molecule has 0 spiro atoms. The molecule has 0 aliphatic rings. The van der Waals surface area contributed by atoms with E-state index in [4.69, 9.17) is 0 Å². The van der Waals surface area contributed by atoms with E-state index in [1.807, 2.05) is 18.5 Å². The Balaban J connectivity index is 1.69. The van der Waals surface area contributed by atoms with Gasteiger partial charge in [-0.1, -0.05) is 25.1 Å². The van der Waals surface area contributed by atoms with Gasteiger partial charge in [-0.05, 0) is 68.3 Å². The number of pyridine rings is 1. The number of aliphatic imine (C=N–C) groups is 1. The molecule has 0 bridgehead atoms. The molecule has 0 saturated carbocycles. The van der Waals surface area contributed by atoms with Crippen molar-refractivity contribution >= 4 is 22.8 Å². The molecule has 0 N–H and O–H groups in total. The van der Waals surface area contributed by atoms with Crippen molar-refractivity contribution in [1.82, 2.24) is 9.55 Å². The van der Waals surface area contributed by atoms with Gasteiger partial charge in [0.15, 0.2) is 0 Å². The van der Waals surface area contributed by atoms with Crippen molar-refractivity contribution in [2.75, 3.05) is 0 Å². The first-order valence-electron chi connectivity index (χ1n) is 9.33. The lowest BCUT2D eigenvalue weighted by atomic mass is 10.1. The molecule has 4 aromatic rings. The summed E-state index contributed by atoms with van der Waals surface area (Å²) in [5.74, 6) is 0. The number of benzene rings is 2. The zero-order valence-electron chi connectivity index (χ0n) is 16.0. The van der Waals surface area contributed by atoms with Crippen molar-refractivity contribution in [1.29, 1.82) is 0 Å². The predicted octanol–water partition coefficient (Wildman–Crippen LogP) is 5.96. The molecule has 0 saturated heterocycles. The van der Waals surface area contributed by atoms with E-state index in [1.165, 1.54) is 17.0 Å². The smallest absolute Gasteiger partial charge is 0.0703 e. The first kappa shape index (κ1) is 17.2. The summed E-state index contributed by atoms with van der Waals surface area (Å²) >= 11 is 0. The first-order valence-corrected chi connectivity index (χ1v) is 9.33. The number of hydrogen-bond acceptors (Lipinski definition) is 2. The molecular weight excluding hydrogens is 330 g/mol. The van der Waals surface area contributed by atoms with Crippen LogP contribution in [0.25, 0.3) is 16.6 Å². The topological polar surface area (TPSA) is 30.2 Å². The standard InChI is InChI=1S/C24H23N3/c1-4-19-7-9-22(10-8-19)26-16-21-14-17(2)27(18(21)3)23-11-12-24-20(15-23)6-5-13-25-24/h5-16H,4H2,1-3H3. The zero-order valence-corrected chi connectivity index (χ0v) is 16.0. The van der Waals surface area contributed by atoms with E-state index in [2.05, 4.69) is 89.9 Å². The normalized spacial score (nSPS) is 11.5. The minimum Gasteiger partial charge on any atom is -0.318 e. The molecule has 3 nitrogen and oxygen atoms in total. The van der Waals surface area contributed by atoms with E-state index in [-0.39, 0.29) is 0 Å². The minimum atomic E-state index is 0.980. The highest BCUT2D eigenvalue weighted by Crippen LogP contribution is 2.23. The van der Waals surface area contributed by atoms with Crippen molar-refractivity contribution < 1.29 is 0 Å².